The summed E-state index contributed by atoms with van der Waals surface area (Å²) >= 11 is 0. The van der Waals surface area contributed by atoms with Gasteiger partial charge in [-0.3, -0.25) is 0 Å². The Bertz CT molecular complexity index is 539. The van der Waals surface area contributed by atoms with Gasteiger partial charge in [-0.25, -0.2) is 0 Å². The summed E-state index contributed by atoms with van der Waals surface area (Å²) < 4.78 is 28.7. The third-order valence-corrected chi connectivity index (χ3v) is 5.32. The van der Waals surface area contributed by atoms with E-state index in [2.05, 4.69) is 19.6 Å². The minimum Gasteiger partial charge on any atom is -0.196 e. The molecule has 0 aliphatic rings. The molecule has 100 valence electrons. The molecule has 0 N–H and O–H groups in total. The van der Waals surface area contributed by atoms with Gasteiger partial charge in [-0.2, -0.15) is 8.78 Å². The zero-order valence-corrected chi connectivity index (χ0v) is 12.5. The molecule has 0 fully saturated rings. The van der Waals surface area contributed by atoms with E-state index in [-0.39, 0.29) is 11.1 Å². The molecule has 3 heteroatoms. The standard InChI is InChI=1S/C16H18F2Si/c1-19(2,3)15-11-9-14(10-12-15)16(17,18)13-7-5-4-6-8-13/h4-12H,1-3H3. The van der Waals surface area contributed by atoms with E-state index in [1.807, 2.05) is 12.1 Å². The molecule has 0 bridgehead atoms. The third-order valence-electron chi connectivity index (χ3n) is 3.25. The zero-order chi connectivity index (χ0) is 14.1. The number of rotatable bonds is 3. The first-order chi connectivity index (χ1) is 8.82. The summed E-state index contributed by atoms with van der Waals surface area (Å²) in [5.41, 5.74) is 0.0939. The van der Waals surface area contributed by atoms with Gasteiger partial charge < -0.3 is 0 Å². The molecular weight excluding hydrogens is 258 g/mol. The van der Waals surface area contributed by atoms with Crippen LogP contribution in [-0.4, -0.2) is 8.07 Å². The number of halogens is 2. The highest BCUT2D eigenvalue weighted by Crippen LogP contribution is 2.34. The highest BCUT2D eigenvalue weighted by Gasteiger charge is 2.33. The lowest BCUT2D eigenvalue weighted by molar-refractivity contribution is 0.0429. The molecule has 0 amide bonds. The molecule has 0 spiro atoms. The smallest absolute Gasteiger partial charge is 0.196 e. The molecule has 0 atom stereocenters. The number of hydrogen-bond acceptors (Lipinski definition) is 0. The van der Waals surface area contributed by atoms with Crippen molar-refractivity contribution in [3.63, 3.8) is 0 Å². The van der Waals surface area contributed by atoms with E-state index < -0.39 is 14.0 Å². The van der Waals surface area contributed by atoms with Gasteiger partial charge in [0.2, 0.25) is 0 Å². The van der Waals surface area contributed by atoms with Crippen LogP contribution in [0.2, 0.25) is 19.6 Å². The van der Waals surface area contributed by atoms with Crippen LogP contribution in [0.3, 0.4) is 0 Å². The average Bonchev–Trinajstić information content (AvgIpc) is 2.39. The molecule has 0 saturated carbocycles. The first kappa shape index (κ1) is 13.9. The third kappa shape index (κ3) is 2.92. The fourth-order valence-corrected chi connectivity index (χ4v) is 3.16. The van der Waals surface area contributed by atoms with Crippen LogP contribution >= 0.6 is 0 Å². The molecule has 0 aromatic heterocycles. The Kier molecular flexibility index (Phi) is 3.59. The largest absolute Gasteiger partial charge is 0.298 e. The number of benzene rings is 2. The van der Waals surface area contributed by atoms with Gasteiger partial charge in [-0.1, -0.05) is 79.4 Å². The van der Waals surface area contributed by atoms with Crippen LogP contribution in [0.25, 0.3) is 0 Å². The van der Waals surface area contributed by atoms with Crippen LogP contribution in [-0.2, 0) is 5.92 Å². The second kappa shape index (κ2) is 4.89. The zero-order valence-electron chi connectivity index (χ0n) is 11.5. The second-order valence-electron chi connectivity index (χ2n) is 5.77. The van der Waals surface area contributed by atoms with E-state index in [4.69, 9.17) is 0 Å². The predicted octanol–water partition coefficient (Wildman–Crippen LogP) is 4.37. The summed E-state index contributed by atoms with van der Waals surface area (Å²) in [6.07, 6.45) is 0. The van der Waals surface area contributed by atoms with Gasteiger partial charge in [-0.15, -0.1) is 0 Å². The van der Waals surface area contributed by atoms with Crippen molar-refractivity contribution in [1.82, 2.24) is 0 Å². The van der Waals surface area contributed by atoms with Crippen molar-refractivity contribution in [2.75, 3.05) is 0 Å². The molecule has 0 unspecified atom stereocenters. The lowest BCUT2D eigenvalue weighted by Gasteiger charge is -2.20. The van der Waals surface area contributed by atoms with Crippen molar-refractivity contribution in [2.24, 2.45) is 0 Å². The van der Waals surface area contributed by atoms with Crippen molar-refractivity contribution >= 4 is 13.3 Å². The lowest BCUT2D eigenvalue weighted by Crippen LogP contribution is -2.37. The van der Waals surface area contributed by atoms with Crippen LogP contribution in [0, 0.1) is 0 Å². The van der Waals surface area contributed by atoms with E-state index in [9.17, 15) is 8.78 Å². The van der Waals surface area contributed by atoms with E-state index in [0.29, 0.717) is 0 Å². The van der Waals surface area contributed by atoms with Gasteiger partial charge >= 0.3 is 0 Å². The fraction of sp³-hybridized carbons (Fsp3) is 0.250. The minimum absolute atomic E-state index is 0.0377. The van der Waals surface area contributed by atoms with Crippen LogP contribution in [0.4, 0.5) is 8.78 Å². The summed E-state index contributed by atoms with van der Waals surface area (Å²) in [4.78, 5) is 0. The van der Waals surface area contributed by atoms with E-state index in [1.54, 1.807) is 30.3 Å². The normalized spacial score (nSPS) is 12.5. The Morgan fingerprint density at radius 2 is 1.21 bits per heavy atom. The van der Waals surface area contributed by atoms with Crippen molar-refractivity contribution < 1.29 is 8.78 Å². The summed E-state index contributed by atoms with van der Waals surface area (Å²) in [7, 11) is -1.44. The highest BCUT2D eigenvalue weighted by atomic mass is 28.3. The quantitative estimate of drug-likeness (QED) is 0.730. The molecule has 0 heterocycles. The van der Waals surface area contributed by atoms with Gasteiger partial charge in [-0.05, 0) is 0 Å². The van der Waals surface area contributed by atoms with Crippen molar-refractivity contribution in [2.45, 2.75) is 25.6 Å². The molecule has 0 aliphatic carbocycles. The van der Waals surface area contributed by atoms with E-state index in [1.165, 1.54) is 17.3 Å². The molecule has 2 aromatic carbocycles. The Morgan fingerprint density at radius 1 is 0.737 bits per heavy atom. The van der Waals surface area contributed by atoms with Crippen LogP contribution in [0.1, 0.15) is 11.1 Å². The van der Waals surface area contributed by atoms with Crippen molar-refractivity contribution in [1.29, 1.82) is 0 Å². The maximum Gasteiger partial charge on any atom is 0.298 e. The van der Waals surface area contributed by atoms with Crippen molar-refractivity contribution in [3.8, 4) is 0 Å². The van der Waals surface area contributed by atoms with Crippen LogP contribution in [0.15, 0.2) is 54.6 Å². The van der Waals surface area contributed by atoms with E-state index in [0.717, 1.165) is 0 Å². The predicted molar refractivity (Wildman–Crippen MR) is 78.9 cm³/mol. The molecule has 0 saturated heterocycles. The minimum atomic E-state index is -2.93. The molecule has 0 nitrogen and oxygen atoms in total. The van der Waals surface area contributed by atoms with Crippen LogP contribution < -0.4 is 5.19 Å². The molecule has 0 aliphatic heterocycles. The van der Waals surface area contributed by atoms with Crippen molar-refractivity contribution in [3.05, 3.63) is 65.7 Å². The maximum absolute atomic E-state index is 14.3. The first-order valence-electron chi connectivity index (χ1n) is 6.36. The average molecular weight is 276 g/mol. The fourth-order valence-electron chi connectivity index (χ4n) is 1.99. The van der Waals surface area contributed by atoms with Crippen LogP contribution in [0.5, 0.6) is 0 Å². The molecule has 2 aromatic rings. The summed E-state index contributed by atoms with van der Waals surface area (Å²) in [6, 6.07) is 14.8. The monoisotopic (exact) mass is 276 g/mol. The molecule has 0 radical (unpaired) electrons. The topological polar surface area (TPSA) is 0 Å². The number of hydrogen-bond donors (Lipinski definition) is 0. The van der Waals surface area contributed by atoms with Gasteiger partial charge in [0.1, 0.15) is 0 Å². The Hall–Kier alpha value is -1.48. The Morgan fingerprint density at radius 3 is 1.68 bits per heavy atom. The first-order valence-corrected chi connectivity index (χ1v) is 9.86. The second-order valence-corrected chi connectivity index (χ2v) is 10.8. The Balaban J connectivity index is 2.37. The lowest BCUT2D eigenvalue weighted by atomic mass is 10.0. The molecule has 2 rings (SSSR count). The van der Waals surface area contributed by atoms with Gasteiger partial charge in [0.05, 0.1) is 8.07 Å². The Labute approximate surface area is 114 Å². The SMILES string of the molecule is C[Si](C)(C)c1ccc(C(F)(F)c2ccccc2)cc1. The molecule has 19 heavy (non-hydrogen) atoms. The summed E-state index contributed by atoms with van der Waals surface area (Å²) in [6.45, 7) is 6.62. The van der Waals surface area contributed by atoms with Gasteiger partial charge in [0.15, 0.2) is 0 Å². The maximum atomic E-state index is 14.3. The molecular formula is C16H18F2Si. The van der Waals surface area contributed by atoms with Gasteiger partial charge in [0, 0.05) is 11.1 Å². The highest BCUT2D eigenvalue weighted by molar-refractivity contribution is 6.88. The van der Waals surface area contributed by atoms with Gasteiger partial charge in [0.25, 0.3) is 5.92 Å². The summed E-state index contributed by atoms with van der Waals surface area (Å²) in [5.74, 6) is -2.93. The summed E-state index contributed by atoms with van der Waals surface area (Å²) in [5, 5.41) is 1.19. The number of alkyl halides is 2. The van der Waals surface area contributed by atoms with E-state index >= 15 is 0 Å².